The van der Waals surface area contributed by atoms with Crippen molar-refractivity contribution in [2.24, 2.45) is 0 Å². The van der Waals surface area contributed by atoms with Gasteiger partial charge in [0.15, 0.2) is 5.75 Å². The average Bonchev–Trinajstić information content (AvgIpc) is 2.41. The molecular weight excluding hydrogens is 290 g/mol. The summed E-state index contributed by atoms with van der Waals surface area (Å²) in [4.78, 5) is 21.8. The van der Waals surface area contributed by atoms with Gasteiger partial charge in [-0.15, -0.1) is 0 Å². The van der Waals surface area contributed by atoms with E-state index in [1.54, 1.807) is 26.8 Å². The van der Waals surface area contributed by atoms with Gasteiger partial charge >= 0.3 is 11.8 Å². The van der Waals surface area contributed by atoms with Crippen LogP contribution in [0.3, 0.4) is 0 Å². The van der Waals surface area contributed by atoms with Crippen LogP contribution in [0.2, 0.25) is 0 Å². The Balaban J connectivity index is 2.47. The first-order chi connectivity index (χ1) is 10.2. The van der Waals surface area contributed by atoms with Gasteiger partial charge in [0.2, 0.25) is 0 Å². The zero-order chi connectivity index (χ0) is 16.8. The van der Waals surface area contributed by atoms with Gasteiger partial charge < -0.3 is 20.1 Å². The third-order valence-corrected chi connectivity index (χ3v) is 2.50. The van der Waals surface area contributed by atoms with Crippen LogP contribution in [-0.2, 0) is 4.74 Å². The van der Waals surface area contributed by atoms with Crippen molar-refractivity contribution in [2.45, 2.75) is 26.4 Å². The van der Waals surface area contributed by atoms with Crippen LogP contribution in [0, 0.1) is 10.1 Å². The second-order valence-corrected chi connectivity index (χ2v) is 5.50. The number of nitro benzene ring substituents is 1. The number of amides is 1. The Bertz CT molecular complexity index is 540. The Kier molecular flexibility index (Phi) is 5.97. The smallest absolute Gasteiger partial charge is 0.407 e. The lowest BCUT2D eigenvalue weighted by Crippen LogP contribution is -2.34. The molecule has 8 nitrogen and oxygen atoms in total. The highest BCUT2D eigenvalue weighted by molar-refractivity contribution is 5.67. The van der Waals surface area contributed by atoms with Crippen LogP contribution in [0.1, 0.15) is 20.8 Å². The Hall–Kier alpha value is -2.51. The molecule has 8 heteroatoms. The number of anilines is 1. The maximum atomic E-state index is 11.4. The van der Waals surface area contributed by atoms with E-state index in [9.17, 15) is 14.9 Å². The van der Waals surface area contributed by atoms with Crippen LogP contribution in [0.15, 0.2) is 18.2 Å². The second-order valence-electron chi connectivity index (χ2n) is 5.50. The van der Waals surface area contributed by atoms with Crippen molar-refractivity contribution in [3.8, 4) is 5.75 Å². The normalized spacial score (nSPS) is 10.7. The minimum atomic E-state index is -0.548. The van der Waals surface area contributed by atoms with Gasteiger partial charge in [-0.1, -0.05) is 0 Å². The number of ether oxygens (including phenoxy) is 2. The van der Waals surface area contributed by atoms with E-state index in [1.165, 1.54) is 19.2 Å². The highest BCUT2D eigenvalue weighted by atomic mass is 16.6. The van der Waals surface area contributed by atoms with Crippen molar-refractivity contribution < 1.29 is 19.2 Å². The van der Waals surface area contributed by atoms with Crippen molar-refractivity contribution in [1.82, 2.24) is 5.32 Å². The molecule has 0 heterocycles. The summed E-state index contributed by atoms with van der Waals surface area (Å²) in [6.45, 7) is 6.07. The van der Waals surface area contributed by atoms with Gasteiger partial charge in [-0.05, 0) is 32.9 Å². The zero-order valence-electron chi connectivity index (χ0n) is 13.1. The van der Waals surface area contributed by atoms with E-state index in [2.05, 4.69) is 10.6 Å². The van der Waals surface area contributed by atoms with E-state index in [1.807, 2.05) is 0 Å². The molecular formula is C14H21N3O5. The molecule has 0 aliphatic heterocycles. The van der Waals surface area contributed by atoms with Crippen LogP contribution in [0.4, 0.5) is 16.2 Å². The number of nitro groups is 1. The maximum absolute atomic E-state index is 11.4. The molecule has 0 saturated carbocycles. The molecule has 0 aliphatic carbocycles. The van der Waals surface area contributed by atoms with Crippen molar-refractivity contribution >= 4 is 17.5 Å². The molecule has 0 unspecified atom stereocenters. The Morgan fingerprint density at radius 3 is 2.55 bits per heavy atom. The van der Waals surface area contributed by atoms with E-state index in [4.69, 9.17) is 9.47 Å². The molecule has 0 bridgehead atoms. The van der Waals surface area contributed by atoms with Gasteiger partial charge in [0.25, 0.3) is 0 Å². The fraction of sp³-hybridized carbons (Fsp3) is 0.500. The molecule has 0 aliphatic rings. The molecule has 1 aromatic carbocycles. The molecule has 22 heavy (non-hydrogen) atoms. The van der Waals surface area contributed by atoms with Crippen LogP contribution in [-0.4, -0.2) is 36.8 Å². The fourth-order valence-electron chi connectivity index (χ4n) is 1.63. The number of hydrogen-bond donors (Lipinski definition) is 2. The minimum Gasteiger partial charge on any atom is -0.490 e. The first-order valence-electron chi connectivity index (χ1n) is 6.76. The predicted molar refractivity (Wildman–Crippen MR) is 82.4 cm³/mol. The summed E-state index contributed by atoms with van der Waals surface area (Å²) in [6.07, 6.45) is -0.505. The van der Waals surface area contributed by atoms with Gasteiger partial charge in [0.05, 0.1) is 12.0 Å². The summed E-state index contributed by atoms with van der Waals surface area (Å²) in [5.74, 6) is 0.197. The van der Waals surface area contributed by atoms with Crippen molar-refractivity contribution in [2.75, 3.05) is 25.5 Å². The van der Waals surface area contributed by atoms with Gasteiger partial charge in [-0.2, -0.15) is 0 Å². The summed E-state index contributed by atoms with van der Waals surface area (Å²) in [6, 6.07) is 4.56. The largest absolute Gasteiger partial charge is 0.490 e. The van der Waals surface area contributed by atoms with Crippen LogP contribution < -0.4 is 15.4 Å². The predicted octanol–water partition coefficient (Wildman–Crippen LogP) is 2.54. The lowest BCUT2D eigenvalue weighted by Gasteiger charge is -2.19. The van der Waals surface area contributed by atoms with Gasteiger partial charge in [0.1, 0.15) is 5.60 Å². The Morgan fingerprint density at radius 2 is 2.00 bits per heavy atom. The Labute approximate surface area is 128 Å². The second kappa shape index (κ2) is 7.48. The molecule has 122 valence electrons. The molecule has 0 fully saturated rings. The quantitative estimate of drug-likeness (QED) is 0.475. The van der Waals surface area contributed by atoms with Crippen LogP contribution >= 0.6 is 0 Å². The Morgan fingerprint density at radius 1 is 1.32 bits per heavy atom. The highest BCUT2D eigenvalue weighted by Gasteiger charge is 2.16. The van der Waals surface area contributed by atoms with E-state index in [0.29, 0.717) is 18.8 Å². The average molecular weight is 311 g/mol. The van der Waals surface area contributed by atoms with E-state index < -0.39 is 16.6 Å². The zero-order valence-corrected chi connectivity index (χ0v) is 13.1. The van der Waals surface area contributed by atoms with Gasteiger partial charge in [0, 0.05) is 24.8 Å². The van der Waals surface area contributed by atoms with Gasteiger partial charge in [-0.25, -0.2) is 4.79 Å². The summed E-state index contributed by atoms with van der Waals surface area (Å²) in [5, 5.41) is 16.5. The summed E-state index contributed by atoms with van der Waals surface area (Å²) in [7, 11) is 1.38. The summed E-state index contributed by atoms with van der Waals surface area (Å²) in [5.41, 5.74) is -0.0974. The molecule has 0 aromatic heterocycles. The first kappa shape index (κ1) is 17.5. The highest BCUT2D eigenvalue weighted by Crippen LogP contribution is 2.29. The SMILES string of the molecule is COc1ccc(NCCNC(=O)OC(C)(C)C)cc1[N+](=O)[O-]. The standard InChI is InChI=1S/C14H21N3O5/c1-14(2,3)22-13(18)16-8-7-15-10-5-6-12(21-4)11(9-10)17(19)20/h5-6,9,15H,7-8H2,1-4H3,(H,16,18). The molecule has 1 amide bonds. The van der Waals surface area contributed by atoms with E-state index in [0.717, 1.165) is 0 Å². The molecule has 1 rings (SSSR count). The lowest BCUT2D eigenvalue weighted by molar-refractivity contribution is -0.385. The van der Waals surface area contributed by atoms with E-state index in [-0.39, 0.29) is 11.4 Å². The van der Waals surface area contributed by atoms with E-state index >= 15 is 0 Å². The van der Waals surface area contributed by atoms with Gasteiger partial charge in [-0.3, -0.25) is 10.1 Å². The number of nitrogens with zero attached hydrogens (tertiary/aromatic N) is 1. The van der Waals surface area contributed by atoms with Crippen molar-refractivity contribution in [3.63, 3.8) is 0 Å². The third-order valence-electron chi connectivity index (χ3n) is 2.50. The summed E-state index contributed by atoms with van der Waals surface area (Å²) < 4.78 is 10.0. The molecule has 2 N–H and O–H groups in total. The topological polar surface area (TPSA) is 103 Å². The molecule has 0 radical (unpaired) electrons. The number of nitrogens with one attached hydrogen (secondary N) is 2. The number of carbonyl (C=O) groups excluding carboxylic acids is 1. The maximum Gasteiger partial charge on any atom is 0.407 e. The number of methoxy groups -OCH3 is 1. The minimum absolute atomic E-state index is 0.118. The third kappa shape index (κ3) is 5.86. The van der Waals surface area contributed by atoms with Crippen LogP contribution in [0.5, 0.6) is 5.75 Å². The number of rotatable bonds is 6. The molecule has 0 saturated heterocycles. The number of alkyl carbamates (subject to hydrolysis) is 1. The first-order valence-corrected chi connectivity index (χ1v) is 6.76. The fourth-order valence-corrected chi connectivity index (χ4v) is 1.63. The lowest BCUT2D eigenvalue weighted by atomic mass is 10.2. The molecule has 1 aromatic rings. The summed E-state index contributed by atoms with van der Waals surface area (Å²) >= 11 is 0. The number of benzene rings is 1. The monoisotopic (exact) mass is 311 g/mol. The molecule has 0 spiro atoms. The number of hydrogen-bond acceptors (Lipinski definition) is 6. The van der Waals surface area contributed by atoms with Crippen molar-refractivity contribution in [3.05, 3.63) is 28.3 Å². The van der Waals surface area contributed by atoms with Crippen LogP contribution in [0.25, 0.3) is 0 Å². The molecule has 0 atom stereocenters. The van der Waals surface area contributed by atoms with Crippen molar-refractivity contribution in [1.29, 1.82) is 0 Å². The number of carbonyl (C=O) groups is 1.